The first-order valence-corrected chi connectivity index (χ1v) is 7.90. The number of rotatable bonds is 2. The predicted molar refractivity (Wildman–Crippen MR) is 86.8 cm³/mol. The third-order valence-corrected chi connectivity index (χ3v) is 4.67. The quantitative estimate of drug-likeness (QED) is 0.711. The topological polar surface area (TPSA) is 55.7 Å². The van der Waals surface area contributed by atoms with Gasteiger partial charge in [0.2, 0.25) is 11.5 Å². The van der Waals surface area contributed by atoms with Crippen LogP contribution < -0.4 is 9.72 Å². The van der Waals surface area contributed by atoms with E-state index in [4.69, 9.17) is 0 Å². The number of H-pyrrole nitrogens is 1. The molecule has 2 heterocycles. The molecule has 0 atom stereocenters. The Kier molecular flexibility index (Phi) is 3.00. The molecule has 4 heteroatoms. The lowest BCUT2D eigenvalue weighted by molar-refractivity contribution is -0.465. The van der Waals surface area contributed by atoms with E-state index >= 15 is 0 Å². The zero-order valence-corrected chi connectivity index (χ0v) is 12.7. The van der Waals surface area contributed by atoms with E-state index in [0.717, 1.165) is 28.1 Å². The van der Waals surface area contributed by atoms with E-state index in [9.17, 15) is 5.26 Å². The molecule has 0 radical (unpaired) electrons. The maximum absolute atomic E-state index is 9.51. The number of anilines is 1. The van der Waals surface area contributed by atoms with Gasteiger partial charge in [-0.2, -0.15) is 9.66 Å². The molecule has 22 heavy (non-hydrogen) atoms. The second-order valence-corrected chi connectivity index (χ2v) is 6.15. The zero-order valence-electron chi connectivity index (χ0n) is 12.7. The number of nitriles is 1. The first-order chi connectivity index (χ1) is 10.8. The van der Waals surface area contributed by atoms with Crippen LogP contribution >= 0.6 is 0 Å². The van der Waals surface area contributed by atoms with Crippen LogP contribution in [0.5, 0.6) is 0 Å². The van der Waals surface area contributed by atoms with Gasteiger partial charge in [0, 0.05) is 6.07 Å². The highest BCUT2D eigenvalue weighted by atomic mass is 15.1. The molecular formula is C18H19N4+. The number of aromatic amines is 1. The summed E-state index contributed by atoms with van der Waals surface area (Å²) >= 11 is 0. The highest BCUT2D eigenvalue weighted by molar-refractivity contribution is 5.77. The van der Waals surface area contributed by atoms with Gasteiger partial charge in [-0.05, 0) is 50.3 Å². The standard InChI is InChI=1S/C18H18N4/c1-12-10-17(20-13-6-2-3-7-13)22-16-9-5-4-8-15(16)21-18(22)14(12)11-19/h4-5,8-10,13H,2-3,6-7H2,1H3,(H,20,21)/p+1. The Labute approximate surface area is 129 Å². The number of hydrogen-bond acceptors (Lipinski definition) is 2. The SMILES string of the molecule is Cc1cc(NC2CCCC2)[n+]2c([nH]c3ccccc32)c1C#N. The molecule has 2 aromatic heterocycles. The maximum atomic E-state index is 9.51. The Balaban J connectivity index is 2.00. The fraction of sp³-hybridized carbons (Fsp3) is 0.333. The molecule has 0 saturated heterocycles. The summed E-state index contributed by atoms with van der Waals surface area (Å²) in [6.07, 6.45) is 5.05. The van der Waals surface area contributed by atoms with E-state index in [2.05, 4.69) is 39.0 Å². The van der Waals surface area contributed by atoms with Gasteiger partial charge < -0.3 is 5.32 Å². The molecule has 0 aliphatic heterocycles. The molecule has 4 rings (SSSR count). The lowest BCUT2D eigenvalue weighted by Crippen LogP contribution is -2.30. The summed E-state index contributed by atoms with van der Waals surface area (Å²) in [7, 11) is 0. The minimum atomic E-state index is 0.539. The first-order valence-electron chi connectivity index (χ1n) is 7.90. The van der Waals surface area contributed by atoms with Crippen molar-refractivity contribution in [3.63, 3.8) is 0 Å². The largest absolute Gasteiger partial charge is 0.303 e. The third kappa shape index (κ3) is 1.93. The predicted octanol–water partition coefficient (Wildman–Crippen LogP) is 3.44. The minimum Gasteiger partial charge on any atom is -0.303 e. The average molecular weight is 291 g/mol. The van der Waals surface area contributed by atoms with Crippen LogP contribution in [0.1, 0.15) is 36.8 Å². The average Bonchev–Trinajstić information content (AvgIpc) is 3.14. The van der Waals surface area contributed by atoms with Crippen LogP contribution in [0.2, 0.25) is 0 Å². The Bertz CT molecular complexity index is 895. The van der Waals surface area contributed by atoms with Crippen molar-refractivity contribution in [1.82, 2.24) is 4.98 Å². The molecule has 0 bridgehead atoms. The maximum Gasteiger partial charge on any atom is 0.250 e. The fourth-order valence-electron chi connectivity index (χ4n) is 3.56. The van der Waals surface area contributed by atoms with Gasteiger partial charge >= 0.3 is 0 Å². The number of nitrogens with one attached hydrogen (secondary N) is 2. The molecule has 1 aliphatic carbocycles. The second-order valence-electron chi connectivity index (χ2n) is 6.15. The van der Waals surface area contributed by atoms with Gasteiger partial charge in [-0.25, -0.2) is 0 Å². The lowest BCUT2D eigenvalue weighted by Gasteiger charge is -2.11. The van der Waals surface area contributed by atoms with Crippen molar-refractivity contribution in [1.29, 1.82) is 5.26 Å². The van der Waals surface area contributed by atoms with Crippen molar-refractivity contribution < 1.29 is 4.40 Å². The normalized spacial score (nSPS) is 15.5. The Morgan fingerprint density at radius 3 is 2.82 bits per heavy atom. The number of imidazole rings is 1. The monoisotopic (exact) mass is 291 g/mol. The summed E-state index contributed by atoms with van der Waals surface area (Å²) in [4.78, 5) is 3.40. The van der Waals surface area contributed by atoms with E-state index < -0.39 is 0 Å². The second kappa shape index (κ2) is 5.03. The van der Waals surface area contributed by atoms with E-state index in [0.29, 0.717) is 11.6 Å². The zero-order chi connectivity index (χ0) is 15.1. The molecule has 1 aromatic carbocycles. The molecule has 1 saturated carbocycles. The number of pyridine rings is 1. The van der Waals surface area contributed by atoms with Crippen LogP contribution in [0.3, 0.4) is 0 Å². The molecule has 1 fully saturated rings. The smallest absolute Gasteiger partial charge is 0.250 e. The number of benzene rings is 1. The van der Waals surface area contributed by atoms with Gasteiger partial charge in [0.25, 0.3) is 0 Å². The van der Waals surface area contributed by atoms with Crippen molar-refractivity contribution in [2.45, 2.75) is 38.6 Å². The summed E-state index contributed by atoms with van der Waals surface area (Å²) in [6.45, 7) is 2.00. The molecule has 1 aliphatic rings. The Morgan fingerprint density at radius 2 is 2.05 bits per heavy atom. The highest BCUT2D eigenvalue weighted by Gasteiger charge is 2.24. The molecule has 0 unspecified atom stereocenters. The van der Waals surface area contributed by atoms with Crippen molar-refractivity contribution in [3.8, 4) is 6.07 Å². The van der Waals surface area contributed by atoms with Crippen molar-refractivity contribution >= 4 is 22.5 Å². The number of aromatic nitrogens is 2. The summed E-state index contributed by atoms with van der Waals surface area (Å²) in [6, 6.07) is 13.2. The highest BCUT2D eigenvalue weighted by Crippen LogP contribution is 2.24. The molecule has 0 spiro atoms. The van der Waals surface area contributed by atoms with Gasteiger partial charge in [-0.15, -0.1) is 0 Å². The summed E-state index contributed by atoms with van der Waals surface area (Å²) in [5.74, 6) is 1.08. The van der Waals surface area contributed by atoms with Crippen LogP contribution in [-0.2, 0) is 0 Å². The number of para-hydroxylation sites is 2. The van der Waals surface area contributed by atoms with Crippen molar-refractivity contribution in [2.75, 3.05) is 5.32 Å². The number of fused-ring (bicyclic) bond motifs is 3. The van der Waals surface area contributed by atoms with E-state index in [1.165, 1.54) is 25.7 Å². The van der Waals surface area contributed by atoms with Crippen molar-refractivity contribution in [3.05, 3.63) is 41.5 Å². The lowest BCUT2D eigenvalue weighted by atomic mass is 10.1. The Hall–Kier alpha value is -2.54. The van der Waals surface area contributed by atoms with Crippen LogP contribution in [0.15, 0.2) is 30.3 Å². The Morgan fingerprint density at radius 1 is 1.27 bits per heavy atom. The number of aryl methyl sites for hydroxylation is 1. The van der Waals surface area contributed by atoms with Crippen LogP contribution in [0, 0.1) is 18.3 Å². The van der Waals surface area contributed by atoms with E-state index in [1.807, 2.05) is 19.1 Å². The third-order valence-electron chi connectivity index (χ3n) is 4.67. The molecule has 4 nitrogen and oxygen atoms in total. The molecule has 0 amide bonds. The molecular weight excluding hydrogens is 272 g/mol. The molecule has 2 N–H and O–H groups in total. The van der Waals surface area contributed by atoms with E-state index in [-0.39, 0.29) is 0 Å². The van der Waals surface area contributed by atoms with Gasteiger partial charge in [0.1, 0.15) is 22.7 Å². The van der Waals surface area contributed by atoms with Gasteiger partial charge in [0.05, 0.1) is 6.04 Å². The molecule has 110 valence electrons. The summed E-state index contributed by atoms with van der Waals surface area (Å²) in [5, 5.41) is 13.2. The van der Waals surface area contributed by atoms with Crippen molar-refractivity contribution in [2.24, 2.45) is 0 Å². The molecule has 3 aromatic rings. The van der Waals surface area contributed by atoms with Crippen LogP contribution in [-0.4, -0.2) is 11.0 Å². The number of nitrogens with zero attached hydrogens (tertiary/aromatic N) is 2. The summed E-state index contributed by atoms with van der Waals surface area (Å²) < 4.78 is 2.15. The fourth-order valence-corrected chi connectivity index (χ4v) is 3.56. The van der Waals surface area contributed by atoms with Gasteiger partial charge in [-0.1, -0.05) is 12.1 Å². The van der Waals surface area contributed by atoms with Gasteiger partial charge in [0.15, 0.2) is 0 Å². The minimum absolute atomic E-state index is 0.539. The number of hydrogen-bond donors (Lipinski definition) is 2. The van der Waals surface area contributed by atoms with Gasteiger partial charge in [-0.3, -0.25) is 4.98 Å². The first kappa shape index (κ1) is 13.1. The van der Waals surface area contributed by atoms with Crippen LogP contribution in [0.4, 0.5) is 5.82 Å². The van der Waals surface area contributed by atoms with E-state index in [1.54, 1.807) is 0 Å². The summed E-state index contributed by atoms with van der Waals surface area (Å²) in [5.41, 5.74) is 4.76. The van der Waals surface area contributed by atoms with Crippen LogP contribution in [0.25, 0.3) is 16.7 Å².